The highest BCUT2D eigenvalue weighted by Gasteiger charge is 2.51. The molecule has 1 aromatic rings. The fraction of sp³-hybridized carbons (Fsp3) is 0.500. The number of phosphoric acid groups is 1. The molecule has 0 amide bonds. The van der Waals surface area contributed by atoms with Crippen molar-refractivity contribution >= 4 is 7.82 Å². The Kier molecular flexibility index (Phi) is 3.04. The van der Waals surface area contributed by atoms with Crippen molar-refractivity contribution in [1.82, 2.24) is 0 Å². The van der Waals surface area contributed by atoms with Crippen molar-refractivity contribution in [3.8, 4) is 0 Å². The van der Waals surface area contributed by atoms with Gasteiger partial charge in [-0.1, -0.05) is 29.8 Å². The zero-order valence-corrected chi connectivity index (χ0v) is 11.0. The van der Waals surface area contributed by atoms with E-state index in [0.717, 1.165) is 5.56 Å². The summed E-state index contributed by atoms with van der Waals surface area (Å²) >= 11 is 0. The number of benzene rings is 1. The molecule has 0 aromatic heterocycles. The zero-order chi connectivity index (χ0) is 12.6. The van der Waals surface area contributed by atoms with Crippen LogP contribution >= 0.6 is 7.82 Å². The maximum atomic E-state index is 11.6. The minimum absolute atomic E-state index is 0.260. The smallest absolute Gasteiger partial charge is 0.363 e. The maximum absolute atomic E-state index is 11.6. The molecule has 0 unspecified atom stereocenters. The molecule has 18 heavy (non-hydrogen) atoms. The Morgan fingerprint density at radius 2 is 1.94 bits per heavy atom. The summed E-state index contributed by atoms with van der Waals surface area (Å²) in [6, 6.07) is 8.10. The molecule has 3 aliphatic rings. The van der Waals surface area contributed by atoms with Crippen LogP contribution < -0.4 is 0 Å². The number of ether oxygens (including phenoxy) is 1. The highest BCUT2D eigenvalue weighted by Crippen LogP contribution is 2.58. The second-order valence-electron chi connectivity index (χ2n) is 4.73. The summed E-state index contributed by atoms with van der Waals surface area (Å²) in [5.41, 5.74) is 1.65. The van der Waals surface area contributed by atoms with Gasteiger partial charge in [0.05, 0.1) is 26.4 Å². The summed E-state index contributed by atoms with van der Waals surface area (Å²) < 4.78 is 32.6. The van der Waals surface area contributed by atoms with E-state index in [0.29, 0.717) is 6.61 Å². The van der Waals surface area contributed by atoms with Crippen LogP contribution in [0.3, 0.4) is 0 Å². The van der Waals surface area contributed by atoms with E-state index in [2.05, 4.69) is 6.07 Å². The molecule has 3 heterocycles. The molecule has 6 heteroatoms. The third-order valence-corrected chi connectivity index (χ3v) is 4.42. The normalized spacial score (nSPS) is 34.7. The Morgan fingerprint density at radius 1 is 1.28 bits per heavy atom. The van der Waals surface area contributed by atoms with Crippen LogP contribution in [-0.4, -0.2) is 25.4 Å². The van der Waals surface area contributed by atoms with Gasteiger partial charge in [-0.15, -0.1) is 0 Å². The van der Waals surface area contributed by atoms with Crippen molar-refractivity contribution in [2.45, 2.75) is 19.1 Å². The van der Waals surface area contributed by atoms with E-state index in [1.807, 2.05) is 25.1 Å². The number of aryl methyl sites for hydroxylation is 1. The van der Waals surface area contributed by atoms with Gasteiger partial charge in [0.15, 0.2) is 0 Å². The Balaban J connectivity index is 1.65. The average Bonchev–Trinajstić information content (AvgIpc) is 2.39. The fourth-order valence-corrected chi connectivity index (χ4v) is 3.39. The first-order valence-corrected chi connectivity index (χ1v) is 7.29. The van der Waals surface area contributed by atoms with Crippen molar-refractivity contribution in [2.75, 3.05) is 19.8 Å². The molecule has 0 saturated carbocycles. The predicted octanol–water partition coefficient (Wildman–Crippen LogP) is 2.44. The summed E-state index contributed by atoms with van der Waals surface area (Å²) in [5.74, 6) is 0. The minimum atomic E-state index is -3.25. The van der Waals surface area contributed by atoms with Crippen molar-refractivity contribution in [3.05, 3.63) is 35.4 Å². The largest absolute Gasteiger partial charge is 0.475 e. The second-order valence-corrected chi connectivity index (χ2v) is 6.40. The van der Waals surface area contributed by atoms with Crippen LogP contribution in [-0.2, 0) is 29.5 Å². The molecule has 0 spiro atoms. The van der Waals surface area contributed by atoms with Crippen LogP contribution in [0.4, 0.5) is 0 Å². The monoisotopic (exact) mass is 270 g/mol. The highest BCUT2D eigenvalue weighted by molar-refractivity contribution is 7.48. The van der Waals surface area contributed by atoms with E-state index in [9.17, 15) is 4.57 Å². The molecule has 98 valence electrons. The van der Waals surface area contributed by atoms with Gasteiger partial charge in [0, 0.05) is 0 Å². The van der Waals surface area contributed by atoms with Gasteiger partial charge in [-0.2, -0.15) is 0 Å². The molecular weight excluding hydrogens is 255 g/mol. The summed E-state index contributed by atoms with van der Waals surface area (Å²) in [7, 11) is -3.25. The number of phosphoric ester groups is 1. The Hall–Kier alpha value is -0.710. The molecule has 0 aliphatic carbocycles. The lowest BCUT2D eigenvalue weighted by atomic mass is 10.1. The van der Waals surface area contributed by atoms with Gasteiger partial charge in [-0.05, 0) is 12.5 Å². The maximum Gasteiger partial charge on any atom is 0.475 e. The van der Waals surface area contributed by atoms with E-state index in [1.54, 1.807) is 0 Å². The minimum Gasteiger partial charge on any atom is -0.363 e. The van der Waals surface area contributed by atoms with Crippen LogP contribution in [0.1, 0.15) is 11.1 Å². The van der Waals surface area contributed by atoms with Gasteiger partial charge in [-0.3, -0.25) is 13.6 Å². The van der Waals surface area contributed by atoms with Crippen LogP contribution in [0.25, 0.3) is 0 Å². The predicted molar refractivity (Wildman–Crippen MR) is 64.2 cm³/mol. The zero-order valence-electron chi connectivity index (χ0n) is 10.1. The third-order valence-electron chi connectivity index (χ3n) is 3.08. The van der Waals surface area contributed by atoms with Crippen LogP contribution in [0.15, 0.2) is 24.3 Å². The lowest BCUT2D eigenvalue weighted by Gasteiger charge is -2.43. The van der Waals surface area contributed by atoms with Crippen LogP contribution in [0, 0.1) is 6.92 Å². The van der Waals surface area contributed by atoms with Gasteiger partial charge in [0.2, 0.25) is 0 Å². The van der Waals surface area contributed by atoms with Gasteiger partial charge in [0.25, 0.3) is 0 Å². The molecule has 0 radical (unpaired) electrons. The van der Waals surface area contributed by atoms with Gasteiger partial charge >= 0.3 is 7.82 Å². The molecule has 3 fully saturated rings. The molecular formula is C12H15O5P. The topological polar surface area (TPSA) is 54.0 Å². The fourth-order valence-electron chi connectivity index (χ4n) is 1.99. The molecule has 3 aliphatic heterocycles. The third kappa shape index (κ3) is 2.37. The van der Waals surface area contributed by atoms with E-state index in [1.165, 1.54) is 5.56 Å². The van der Waals surface area contributed by atoms with Crippen LogP contribution in [0.2, 0.25) is 0 Å². The standard InChI is InChI=1S/C12H15O5P/c1-10-3-2-4-11(5-10)6-14-12-7-15-18(13,16-8-12)17-9-12/h2-5H,6-9H2,1H3. The van der Waals surface area contributed by atoms with E-state index < -0.39 is 13.4 Å². The molecule has 2 bridgehead atoms. The van der Waals surface area contributed by atoms with Crippen molar-refractivity contribution < 1.29 is 22.9 Å². The molecule has 0 N–H and O–H groups in total. The first-order chi connectivity index (χ1) is 8.59. The second kappa shape index (κ2) is 4.44. The lowest BCUT2D eigenvalue weighted by molar-refractivity contribution is -0.188. The first kappa shape index (κ1) is 12.3. The van der Waals surface area contributed by atoms with E-state index in [4.69, 9.17) is 18.3 Å². The quantitative estimate of drug-likeness (QED) is 0.789. The van der Waals surface area contributed by atoms with Gasteiger partial charge in [-0.25, -0.2) is 4.57 Å². The van der Waals surface area contributed by atoms with Gasteiger partial charge < -0.3 is 4.74 Å². The van der Waals surface area contributed by atoms with Gasteiger partial charge in [0.1, 0.15) is 5.60 Å². The van der Waals surface area contributed by atoms with E-state index in [-0.39, 0.29) is 19.8 Å². The summed E-state index contributed by atoms with van der Waals surface area (Å²) in [6.45, 7) is 3.28. The SMILES string of the molecule is Cc1cccc(COC23COP(=O)(OC2)OC3)c1. The van der Waals surface area contributed by atoms with Crippen molar-refractivity contribution in [3.63, 3.8) is 0 Å². The summed E-state index contributed by atoms with van der Waals surface area (Å²) in [4.78, 5) is 0. The molecule has 1 aromatic carbocycles. The van der Waals surface area contributed by atoms with Crippen molar-refractivity contribution in [1.29, 1.82) is 0 Å². The summed E-state index contributed by atoms with van der Waals surface area (Å²) in [5, 5.41) is 0. The highest BCUT2D eigenvalue weighted by atomic mass is 31.2. The average molecular weight is 270 g/mol. The molecule has 5 nitrogen and oxygen atoms in total. The lowest BCUT2D eigenvalue weighted by Crippen LogP contribution is -2.52. The number of fused-ring (bicyclic) bond motifs is 3. The van der Waals surface area contributed by atoms with Crippen molar-refractivity contribution in [2.24, 2.45) is 0 Å². The number of hydrogen-bond acceptors (Lipinski definition) is 5. The number of hydrogen-bond donors (Lipinski definition) is 0. The Morgan fingerprint density at radius 3 is 2.56 bits per heavy atom. The Labute approximate surface area is 106 Å². The van der Waals surface area contributed by atoms with Crippen LogP contribution in [0.5, 0.6) is 0 Å². The first-order valence-electron chi connectivity index (χ1n) is 5.82. The molecule has 3 saturated heterocycles. The Bertz CT molecular complexity index is 470. The van der Waals surface area contributed by atoms with E-state index >= 15 is 0 Å². The molecule has 4 rings (SSSR count). The molecule has 0 atom stereocenters. The summed E-state index contributed by atoms with van der Waals surface area (Å²) in [6.07, 6.45) is 0. The number of rotatable bonds is 3.